The van der Waals surface area contributed by atoms with Gasteiger partial charge in [0.1, 0.15) is 6.04 Å². The third-order valence-corrected chi connectivity index (χ3v) is 3.13. The fourth-order valence-electron chi connectivity index (χ4n) is 2.50. The van der Waals surface area contributed by atoms with Crippen LogP contribution in [0.5, 0.6) is 0 Å². The monoisotopic (exact) mass is 235 g/mol. The first-order valence-electron chi connectivity index (χ1n) is 5.92. The number of anilines is 1. The number of benzene rings is 1. The minimum atomic E-state index is -0.769. The quantitative estimate of drug-likeness (QED) is 0.872. The summed E-state index contributed by atoms with van der Waals surface area (Å²) in [5.41, 5.74) is 4.50. The van der Waals surface area contributed by atoms with Gasteiger partial charge in [-0.15, -0.1) is 0 Å². The Kier molecular flexibility index (Phi) is 4.16. The van der Waals surface area contributed by atoms with Gasteiger partial charge in [0.25, 0.3) is 0 Å². The van der Waals surface area contributed by atoms with E-state index in [1.807, 2.05) is 32.7 Å². The fourth-order valence-corrected chi connectivity index (χ4v) is 2.50. The molecule has 3 nitrogen and oxygen atoms in total. The van der Waals surface area contributed by atoms with Gasteiger partial charge in [0.05, 0.1) is 0 Å². The van der Waals surface area contributed by atoms with Crippen molar-refractivity contribution in [2.75, 3.05) is 11.9 Å². The summed E-state index contributed by atoms with van der Waals surface area (Å²) in [6.45, 7) is 8.01. The Hall–Kier alpha value is -1.51. The van der Waals surface area contributed by atoms with Crippen molar-refractivity contribution in [1.82, 2.24) is 0 Å². The molecule has 1 N–H and O–H groups in total. The van der Waals surface area contributed by atoms with Crippen LogP contribution >= 0.6 is 0 Å². The predicted octanol–water partition coefficient (Wildman–Crippen LogP) is 2.91. The van der Waals surface area contributed by atoms with Crippen LogP contribution in [0.3, 0.4) is 0 Å². The maximum atomic E-state index is 11.2. The molecule has 3 heteroatoms. The molecule has 0 aliphatic carbocycles. The number of carboxylic acid groups (broad SMARTS) is 1. The molecule has 0 bridgehead atoms. The summed E-state index contributed by atoms with van der Waals surface area (Å²) >= 11 is 0. The van der Waals surface area contributed by atoms with E-state index < -0.39 is 12.0 Å². The molecule has 1 rings (SSSR count). The van der Waals surface area contributed by atoms with Crippen molar-refractivity contribution in [3.63, 3.8) is 0 Å². The van der Waals surface area contributed by atoms with Crippen LogP contribution in [-0.2, 0) is 4.79 Å². The SMILES string of the molecule is CCC(C(=O)O)N(C)c1c(C)cc(C)cc1C. The standard InChI is InChI=1S/C14H21NO2/c1-6-12(14(16)17)15(5)13-10(3)7-9(2)8-11(13)4/h7-8,12H,6H2,1-5H3,(H,16,17). The van der Waals surface area contributed by atoms with Crippen LogP contribution in [-0.4, -0.2) is 24.2 Å². The third-order valence-electron chi connectivity index (χ3n) is 3.13. The first-order chi connectivity index (χ1) is 7.88. The topological polar surface area (TPSA) is 40.5 Å². The fraction of sp³-hybridized carbons (Fsp3) is 0.500. The van der Waals surface area contributed by atoms with Crippen molar-refractivity contribution in [2.45, 2.75) is 40.2 Å². The summed E-state index contributed by atoms with van der Waals surface area (Å²) < 4.78 is 0. The van der Waals surface area contributed by atoms with Crippen molar-refractivity contribution in [3.8, 4) is 0 Å². The Morgan fingerprint density at radius 2 is 1.76 bits per heavy atom. The molecule has 0 radical (unpaired) electrons. The number of likely N-dealkylation sites (N-methyl/N-ethyl adjacent to an activating group) is 1. The van der Waals surface area contributed by atoms with Gasteiger partial charge in [-0.2, -0.15) is 0 Å². The first-order valence-corrected chi connectivity index (χ1v) is 5.92. The lowest BCUT2D eigenvalue weighted by Crippen LogP contribution is -2.38. The van der Waals surface area contributed by atoms with Crippen molar-refractivity contribution < 1.29 is 9.90 Å². The number of hydrogen-bond donors (Lipinski definition) is 1. The van der Waals surface area contributed by atoms with Gasteiger partial charge in [0, 0.05) is 12.7 Å². The van der Waals surface area contributed by atoms with E-state index in [-0.39, 0.29) is 0 Å². The molecular formula is C14H21NO2. The van der Waals surface area contributed by atoms with Crippen LogP contribution in [0.1, 0.15) is 30.0 Å². The Morgan fingerprint density at radius 3 is 2.12 bits per heavy atom. The van der Waals surface area contributed by atoms with Crippen molar-refractivity contribution in [1.29, 1.82) is 0 Å². The van der Waals surface area contributed by atoms with Crippen LogP contribution < -0.4 is 4.90 Å². The van der Waals surface area contributed by atoms with E-state index in [2.05, 4.69) is 19.1 Å². The summed E-state index contributed by atoms with van der Waals surface area (Å²) in [6.07, 6.45) is 0.596. The van der Waals surface area contributed by atoms with Gasteiger partial charge in [0.2, 0.25) is 0 Å². The van der Waals surface area contributed by atoms with Crippen molar-refractivity contribution in [3.05, 3.63) is 28.8 Å². The summed E-state index contributed by atoms with van der Waals surface area (Å²) in [5, 5.41) is 9.20. The summed E-state index contributed by atoms with van der Waals surface area (Å²) in [5.74, 6) is -0.769. The number of nitrogens with zero attached hydrogens (tertiary/aromatic N) is 1. The molecule has 0 spiro atoms. The Morgan fingerprint density at radius 1 is 1.29 bits per heavy atom. The minimum absolute atomic E-state index is 0.463. The Labute approximate surface area is 103 Å². The highest BCUT2D eigenvalue weighted by molar-refractivity contribution is 5.79. The second-order valence-corrected chi connectivity index (χ2v) is 4.62. The molecular weight excluding hydrogens is 214 g/mol. The maximum absolute atomic E-state index is 11.2. The largest absolute Gasteiger partial charge is 0.480 e. The molecule has 1 atom stereocenters. The molecule has 0 aliphatic rings. The second-order valence-electron chi connectivity index (χ2n) is 4.62. The number of carbonyl (C=O) groups is 1. The molecule has 0 aliphatic heterocycles. The molecule has 0 fully saturated rings. The van der Waals surface area contributed by atoms with E-state index in [9.17, 15) is 9.90 Å². The van der Waals surface area contributed by atoms with Gasteiger partial charge in [-0.3, -0.25) is 0 Å². The van der Waals surface area contributed by atoms with Crippen LogP contribution in [0.15, 0.2) is 12.1 Å². The normalized spacial score (nSPS) is 12.3. The lowest BCUT2D eigenvalue weighted by Gasteiger charge is -2.29. The lowest BCUT2D eigenvalue weighted by molar-refractivity contribution is -0.138. The van der Waals surface area contributed by atoms with Gasteiger partial charge in [0.15, 0.2) is 0 Å². The van der Waals surface area contributed by atoms with Gasteiger partial charge >= 0.3 is 5.97 Å². The van der Waals surface area contributed by atoms with E-state index in [4.69, 9.17) is 0 Å². The van der Waals surface area contributed by atoms with Gasteiger partial charge in [-0.25, -0.2) is 4.79 Å². The minimum Gasteiger partial charge on any atom is -0.480 e. The van der Waals surface area contributed by atoms with E-state index in [1.54, 1.807) is 0 Å². The van der Waals surface area contributed by atoms with Crippen LogP contribution in [0.2, 0.25) is 0 Å². The molecule has 94 valence electrons. The second kappa shape index (κ2) is 5.21. The van der Waals surface area contributed by atoms with Crippen LogP contribution in [0.4, 0.5) is 5.69 Å². The molecule has 0 amide bonds. The number of hydrogen-bond acceptors (Lipinski definition) is 2. The molecule has 0 saturated heterocycles. The average molecular weight is 235 g/mol. The zero-order valence-electron chi connectivity index (χ0n) is 11.2. The average Bonchev–Trinajstić information content (AvgIpc) is 2.15. The summed E-state index contributed by atoms with van der Waals surface area (Å²) in [7, 11) is 1.85. The van der Waals surface area contributed by atoms with Gasteiger partial charge in [-0.05, 0) is 38.3 Å². The summed E-state index contributed by atoms with van der Waals surface area (Å²) in [4.78, 5) is 13.1. The highest BCUT2D eigenvalue weighted by Gasteiger charge is 2.22. The van der Waals surface area contributed by atoms with Gasteiger partial charge in [-0.1, -0.05) is 24.6 Å². The number of aryl methyl sites for hydroxylation is 3. The van der Waals surface area contributed by atoms with Crippen LogP contribution in [0, 0.1) is 20.8 Å². The Bertz CT molecular complexity index is 403. The lowest BCUT2D eigenvalue weighted by atomic mass is 10.0. The van der Waals surface area contributed by atoms with E-state index in [1.165, 1.54) is 5.56 Å². The van der Waals surface area contributed by atoms with Gasteiger partial charge < -0.3 is 10.0 Å². The molecule has 1 aromatic carbocycles. The zero-order valence-corrected chi connectivity index (χ0v) is 11.2. The van der Waals surface area contributed by atoms with E-state index in [0.29, 0.717) is 6.42 Å². The maximum Gasteiger partial charge on any atom is 0.326 e. The number of aliphatic carboxylic acids is 1. The van der Waals surface area contributed by atoms with Crippen LogP contribution in [0.25, 0.3) is 0 Å². The first kappa shape index (κ1) is 13.6. The molecule has 0 saturated carbocycles. The molecule has 0 aromatic heterocycles. The predicted molar refractivity (Wildman–Crippen MR) is 70.8 cm³/mol. The Balaban J connectivity index is 3.20. The summed E-state index contributed by atoms with van der Waals surface area (Å²) in [6, 6.07) is 3.72. The van der Waals surface area contributed by atoms with E-state index in [0.717, 1.165) is 16.8 Å². The highest BCUT2D eigenvalue weighted by Crippen LogP contribution is 2.27. The highest BCUT2D eigenvalue weighted by atomic mass is 16.4. The smallest absolute Gasteiger partial charge is 0.326 e. The third kappa shape index (κ3) is 2.78. The molecule has 0 heterocycles. The molecule has 1 unspecified atom stereocenters. The van der Waals surface area contributed by atoms with Crippen molar-refractivity contribution in [2.24, 2.45) is 0 Å². The van der Waals surface area contributed by atoms with E-state index >= 15 is 0 Å². The number of carboxylic acids is 1. The zero-order chi connectivity index (χ0) is 13.2. The molecule has 1 aromatic rings. The van der Waals surface area contributed by atoms with Crippen molar-refractivity contribution >= 4 is 11.7 Å². The number of rotatable bonds is 4. The molecule has 17 heavy (non-hydrogen) atoms.